The molecule has 0 bridgehead atoms. The van der Waals surface area contributed by atoms with Crippen LogP contribution in [0.5, 0.6) is 0 Å². The third-order valence-corrected chi connectivity index (χ3v) is 4.75. The van der Waals surface area contributed by atoms with Gasteiger partial charge >= 0.3 is 0 Å². The molecular formula is C21H21N5O. The molecule has 0 aliphatic heterocycles. The first-order valence-electron chi connectivity index (χ1n) is 8.87. The van der Waals surface area contributed by atoms with Crippen molar-refractivity contribution in [2.24, 2.45) is 0 Å². The largest absolute Gasteiger partial charge is 0.398 e. The average molecular weight is 359 g/mol. The molecule has 0 unspecified atom stereocenters. The van der Waals surface area contributed by atoms with Crippen LogP contribution in [0.15, 0.2) is 54.7 Å². The molecule has 4 rings (SSSR count). The van der Waals surface area contributed by atoms with Gasteiger partial charge in [-0.15, -0.1) is 0 Å². The molecule has 2 aromatic carbocycles. The molecule has 2 heterocycles. The lowest BCUT2D eigenvalue weighted by molar-refractivity contribution is 0.0951. The van der Waals surface area contributed by atoms with Gasteiger partial charge in [-0.25, -0.2) is 4.98 Å². The van der Waals surface area contributed by atoms with Crippen molar-refractivity contribution >= 4 is 39.2 Å². The van der Waals surface area contributed by atoms with Crippen LogP contribution in [0.3, 0.4) is 0 Å². The Morgan fingerprint density at radius 3 is 2.78 bits per heavy atom. The number of hydrogen-bond acceptors (Lipinski definition) is 4. The van der Waals surface area contributed by atoms with Crippen LogP contribution < -0.4 is 16.8 Å². The van der Waals surface area contributed by atoms with E-state index in [1.807, 2.05) is 42.6 Å². The molecule has 0 atom stereocenters. The van der Waals surface area contributed by atoms with Crippen molar-refractivity contribution in [1.82, 2.24) is 14.9 Å². The van der Waals surface area contributed by atoms with Crippen LogP contribution in [0.25, 0.3) is 21.8 Å². The molecule has 0 spiro atoms. The zero-order valence-corrected chi connectivity index (χ0v) is 15.1. The van der Waals surface area contributed by atoms with Crippen LogP contribution >= 0.6 is 0 Å². The van der Waals surface area contributed by atoms with E-state index in [0.717, 1.165) is 33.9 Å². The van der Waals surface area contributed by atoms with Gasteiger partial charge in [-0.05, 0) is 48.2 Å². The standard InChI is InChI=1S/C21H21N5O/c1-2-26-8-7-14-4-5-15(10-19(14)26)21(27)24-12-13-3-6-18-16(9-13)17(22)11-20(23)25-18/h3-11H,2,12H2,1H3,(H,24,27)(H4,22,23,25). The monoisotopic (exact) mass is 359 g/mol. The average Bonchev–Trinajstić information content (AvgIpc) is 3.08. The summed E-state index contributed by atoms with van der Waals surface area (Å²) in [6.07, 6.45) is 2.03. The molecular weight excluding hydrogens is 338 g/mol. The number of fused-ring (bicyclic) bond motifs is 2. The third-order valence-electron chi connectivity index (χ3n) is 4.75. The van der Waals surface area contributed by atoms with E-state index in [0.29, 0.717) is 23.6 Å². The third kappa shape index (κ3) is 3.17. The van der Waals surface area contributed by atoms with Crippen molar-refractivity contribution in [1.29, 1.82) is 0 Å². The number of aryl methyl sites for hydroxylation is 1. The first-order valence-corrected chi connectivity index (χ1v) is 8.87. The smallest absolute Gasteiger partial charge is 0.251 e. The summed E-state index contributed by atoms with van der Waals surface area (Å²) >= 11 is 0. The SMILES string of the molecule is CCn1ccc2ccc(C(=O)NCc3ccc4nc(N)cc(N)c4c3)cc21. The van der Waals surface area contributed by atoms with E-state index < -0.39 is 0 Å². The van der Waals surface area contributed by atoms with Crippen LogP contribution in [-0.4, -0.2) is 15.5 Å². The predicted molar refractivity (Wildman–Crippen MR) is 109 cm³/mol. The molecule has 0 saturated heterocycles. The predicted octanol–water partition coefficient (Wildman–Crippen LogP) is 3.30. The minimum atomic E-state index is -0.107. The lowest BCUT2D eigenvalue weighted by atomic mass is 10.1. The lowest BCUT2D eigenvalue weighted by Gasteiger charge is -2.09. The zero-order valence-electron chi connectivity index (χ0n) is 15.1. The van der Waals surface area contributed by atoms with Crippen LogP contribution in [0.1, 0.15) is 22.8 Å². The second-order valence-electron chi connectivity index (χ2n) is 6.55. The van der Waals surface area contributed by atoms with Gasteiger partial charge in [0.2, 0.25) is 0 Å². The number of aromatic nitrogens is 2. The van der Waals surface area contributed by atoms with E-state index in [4.69, 9.17) is 11.5 Å². The number of anilines is 2. The minimum Gasteiger partial charge on any atom is -0.398 e. The van der Waals surface area contributed by atoms with Crippen molar-refractivity contribution < 1.29 is 4.79 Å². The minimum absolute atomic E-state index is 0.107. The van der Waals surface area contributed by atoms with Crippen LogP contribution in [0.4, 0.5) is 11.5 Å². The topological polar surface area (TPSA) is 99.0 Å². The number of amides is 1. The molecule has 136 valence electrons. The molecule has 5 N–H and O–H groups in total. The number of carbonyl (C=O) groups excluding carboxylic acids is 1. The number of rotatable bonds is 4. The Morgan fingerprint density at radius 1 is 1.11 bits per heavy atom. The summed E-state index contributed by atoms with van der Waals surface area (Å²) in [5, 5.41) is 4.93. The fraction of sp³-hybridized carbons (Fsp3) is 0.143. The Bertz CT molecular complexity index is 1160. The van der Waals surface area contributed by atoms with E-state index in [1.54, 1.807) is 6.07 Å². The first kappa shape index (κ1) is 16.9. The van der Waals surface area contributed by atoms with E-state index in [9.17, 15) is 4.79 Å². The van der Waals surface area contributed by atoms with Gasteiger partial charge in [0.1, 0.15) is 5.82 Å². The van der Waals surface area contributed by atoms with Crippen molar-refractivity contribution in [3.63, 3.8) is 0 Å². The Balaban J connectivity index is 1.54. The van der Waals surface area contributed by atoms with E-state index in [2.05, 4.69) is 27.9 Å². The Kier molecular flexibility index (Phi) is 4.16. The molecule has 0 aliphatic rings. The Morgan fingerprint density at radius 2 is 1.96 bits per heavy atom. The number of nitrogens with zero attached hydrogens (tertiary/aromatic N) is 2. The highest BCUT2D eigenvalue weighted by Gasteiger charge is 2.09. The van der Waals surface area contributed by atoms with Gasteiger partial charge in [-0.1, -0.05) is 12.1 Å². The molecule has 6 nitrogen and oxygen atoms in total. The van der Waals surface area contributed by atoms with Gasteiger partial charge in [0, 0.05) is 47.5 Å². The summed E-state index contributed by atoms with van der Waals surface area (Å²) in [6.45, 7) is 3.36. The molecule has 4 aromatic rings. The van der Waals surface area contributed by atoms with Gasteiger partial charge < -0.3 is 21.4 Å². The Hall–Kier alpha value is -3.54. The fourth-order valence-electron chi connectivity index (χ4n) is 3.32. The zero-order chi connectivity index (χ0) is 19.0. The number of nitrogens with one attached hydrogen (secondary N) is 1. The highest BCUT2D eigenvalue weighted by molar-refractivity contribution is 5.98. The number of nitrogens with two attached hydrogens (primary N) is 2. The van der Waals surface area contributed by atoms with Gasteiger partial charge in [0.15, 0.2) is 0 Å². The maximum absolute atomic E-state index is 12.6. The summed E-state index contributed by atoms with van der Waals surface area (Å²) in [7, 11) is 0. The Labute approximate surface area is 156 Å². The van der Waals surface area contributed by atoms with Crippen LogP contribution in [0.2, 0.25) is 0 Å². The highest BCUT2D eigenvalue weighted by atomic mass is 16.1. The summed E-state index contributed by atoms with van der Waals surface area (Å²) in [6, 6.07) is 15.2. The van der Waals surface area contributed by atoms with E-state index in [-0.39, 0.29) is 5.91 Å². The molecule has 0 radical (unpaired) electrons. The number of carbonyl (C=O) groups is 1. The van der Waals surface area contributed by atoms with Crippen molar-refractivity contribution in [3.05, 3.63) is 65.9 Å². The molecule has 0 fully saturated rings. The summed E-state index contributed by atoms with van der Waals surface area (Å²) in [5.74, 6) is 0.289. The molecule has 6 heteroatoms. The van der Waals surface area contributed by atoms with E-state index in [1.165, 1.54) is 0 Å². The lowest BCUT2D eigenvalue weighted by Crippen LogP contribution is -2.22. The van der Waals surface area contributed by atoms with Crippen molar-refractivity contribution in [2.75, 3.05) is 11.5 Å². The number of nitrogen functional groups attached to an aromatic ring is 2. The molecule has 2 aromatic heterocycles. The highest BCUT2D eigenvalue weighted by Crippen LogP contribution is 2.23. The first-order chi connectivity index (χ1) is 13.0. The van der Waals surface area contributed by atoms with Gasteiger partial charge in [0.25, 0.3) is 5.91 Å². The normalized spacial score (nSPS) is 11.1. The molecule has 27 heavy (non-hydrogen) atoms. The molecule has 0 aliphatic carbocycles. The molecule has 0 saturated carbocycles. The maximum atomic E-state index is 12.6. The molecule has 1 amide bonds. The van der Waals surface area contributed by atoms with Gasteiger partial charge in [-0.3, -0.25) is 4.79 Å². The summed E-state index contributed by atoms with van der Waals surface area (Å²) in [4.78, 5) is 16.9. The van der Waals surface area contributed by atoms with E-state index >= 15 is 0 Å². The van der Waals surface area contributed by atoms with Gasteiger partial charge in [-0.2, -0.15) is 0 Å². The quantitative estimate of drug-likeness (QED) is 0.520. The number of benzene rings is 2. The van der Waals surface area contributed by atoms with Gasteiger partial charge in [0.05, 0.1) is 5.52 Å². The number of pyridine rings is 1. The second-order valence-corrected chi connectivity index (χ2v) is 6.55. The maximum Gasteiger partial charge on any atom is 0.251 e. The second kappa shape index (κ2) is 6.64. The van der Waals surface area contributed by atoms with Crippen LogP contribution in [-0.2, 0) is 13.1 Å². The van der Waals surface area contributed by atoms with Crippen molar-refractivity contribution in [2.45, 2.75) is 20.0 Å². The van der Waals surface area contributed by atoms with Crippen LogP contribution in [0, 0.1) is 0 Å². The fourth-order valence-corrected chi connectivity index (χ4v) is 3.32. The summed E-state index contributed by atoms with van der Waals surface area (Å²) < 4.78 is 2.12. The summed E-state index contributed by atoms with van der Waals surface area (Å²) in [5.41, 5.74) is 15.7. The number of hydrogen-bond donors (Lipinski definition) is 3. The van der Waals surface area contributed by atoms with Crippen molar-refractivity contribution in [3.8, 4) is 0 Å².